The molecule has 0 atom stereocenters. The number of pyridine rings is 3. The molecule has 0 aliphatic carbocycles. The van der Waals surface area contributed by atoms with Gasteiger partial charge in [-0.2, -0.15) is 0 Å². The van der Waals surface area contributed by atoms with Crippen LogP contribution in [0.3, 0.4) is 0 Å². The fourth-order valence-corrected chi connectivity index (χ4v) is 1.84. The Labute approximate surface area is 194 Å². The Morgan fingerprint density at radius 3 is 1.64 bits per heavy atom. The van der Waals surface area contributed by atoms with E-state index in [1.54, 1.807) is 23.8 Å². The van der Waals surface area contributed by atoms with Gasteiger partial charge >= 0.3 is 21.1 Å². The summed E-state index contributed by atoms with van der Waals surface area (Å²) in [7, 11) is 0. The number of hydrogen-bond acceptors (Lipinski definition) is 9. The summed E-state index contributed by atoms with van der Waals surface area (Å²) in [6.45, 7) is 0. The third-order valence-corrected chi connectivity index (χ3v) is 2.66. The molecule has 0 aromatic carbocycles. The van der Waals surface area contributed by atoms with Crippen molar-refractivity contribution in [3.63, 3.8) is 0 Å². The maximum Gasteiger partial charge on any atom is 2.00 e. The van der Waals surface area contributed by atoms with Crippen LogP contribution in [0, 0.1) is 26.7 Å². The van der Waals surface area contributed by atoms with Gasteiger partial charge in [0.25, 0.3) is 0 Å². The number of nitrogens with one attached hydrogen (secondary N) is 1. The van der Waals surface area contributed by atoms with Crippen molar-refractivity contribution in [3.8, 4) is 33.4 Å². The van der Waals surface area contributed by atoms with Gasteiger partial charge in [0, 0.05) is 24.2 Å². The standard InChI is InChI=1S/C15H11N3.3CHNS.Pt/c1-3-9-16-13(7-1)12-6-5-11-18-15(12)14-8-2-4-10-17-14;3*2-1-3;/h1-11H;2*3H;2H;/q;;;;+2/p-2. The fraction of sp³-hybridized carbons (Fsp3) is 0. The van der Waals surface area contributed by atoms with Gasteiger partial charge in [-0.1, -0.05) is 22.9 Å². The molecule has 3 rings (SSSR count). The molecular formula is C18H12N6PtS3. The van der Waals surface area contributed by atoms with Gasteiger partial charge in [0.1, 0.15) is 0 Å². The number of thiocarbonyl (C=S) groups is 1. The van der Waals surface area contributed by atoms with Crippen LogP contribution in [0.25, 0.3) is 22.6 Å². The quantitative estimate of drug-likeness (QED) is 0.203. The summed E-state index contributed by atoms with van der Waals surface area (Å²) < 4.78 is 0. The van der Waals surface area contributed by atoms with Crippen LogP contribution in [0.5, 0.6) is 0 Å². The Morgan fingerprint density at radius 2 is 1.21 bits per heavy atom. The van der Waals surface area contributed by atoms with E-state index in [9.17, 15) is 0 Å². The van der Waals surface area contributed by atoms with Crippen molar-refractivity contribution in [2.24, 2.45) is 0 Å². The van der Waals surface area contributed by atoms with Gasteiger partial charge in [0.15, 0.2) is 0 Å². The largest absolute Gasteiger partial charge is 2.00 e. The predicted molar refractivity (Wildman–Crippen MR) is 112 cm³/mol. The molecule has 142 valence electrons. The Hall–Kier alpha value is -2.64. The average molecular weight is 604 g/mol. The second-order valence-corrected chi connectivity index (χ2v) is 4.68. The minimum Gasteiger partial charge on any atom is -0.696 e. The fourth-order valence-electron chi connectivity index (χ4n) is 1.84. The van der Waals surface area contributed by atoms with Gasteiger partial charge in [0.05, 0.1) is 22.2 Å². The van der Waals surface area contributed by atoms with E-state index in [2.05, 4.69) is 52.4 Å². The maximum absolute atomic E-state index is 7.13. The van der Waals surface area contributed by atoms with Gasteiger partial charge in [-0.05, 0) is 48.6 Å². The third-order valence-electron chi connectivity index (χ3n) is 2.66. The molecule has 10 heteroatoms. The summed E-state index contributed by atoms with van der Waals surface area (Å²) in [4.78, 5) is 13.1. The molecule has 6 nitrogen and oxygen atoms in total. The van der Waals surface area contributed by atoms with Crippen molar-refractivity contribution in [2.75, 3.05) is 0 Å². The predicted octanol–water partition coefficient (Wildman–Crippen LogP) is 3.90. The van der Waals surface area contributed by atoms with E-state index in [4.69, 9.17) is 15.9 Å². The number of nitrogens with zero attached hydrogens (tertiary/aromatic N) is 5. The van der Waals surface area contributed by atoms with Crippen LogP contribution in [0.2, 0.25) is 0 Å². The van der Waals surface area contributed by atoms with Crippen LogP contribution in [0.15, 0.2) is 67.1 Å². The van der Waals surface area contributed by atoms with E-state index >= 15 is 0 Å². The monoisotopic (exact) mass is 603 g/mol. The van der Waals surface area contributed by atoms with Crippen LogP contribution in [0.1, 0.15) is 0 Å². The van der Waals surface area contributed by atoms with Crippen LogP contribution in [-0.2, 0) is 46.3 Å². The van der Waals surface area contributed by atoms with Crippen LogP contribution < -0.4 is 0 Å². The number of nitriles is 2. The van der Waals surface area contributed by atoms with Crippen molar-refractivity contribution in [1.29, 1.82) is 15.9 Å². The average Bonchev–Trinajstić information content (AvgIpc) is 2.71. The minimum absolute atomic E-state index is 0. The van der Waals surface area contributed by atoms with Crippen molar-refractivity contribution < 1.29 is 21.1 Å². The van der Waals surface area contributed by atoms with Gasteiger partial charge in [0.2, 0.25) is 0 Å². The molecule has 28 heavy (non-hydrogen) atoms. The summed E-state index contributed by atoms with van der Waals surface area (Å²) in [5.74, 6) is 0. The van der Waals surface area contributed by atoms with Crippen LogP contribution in [-0.4, -0.2) is 20.1 Å². The smallest absolute Gasteiger partial charge is 0.696 e. The van der Waals surface area contributed by atoms with Crippen LogP contribution in [0.4, 0.5) is 0 Å². The first kappa shape index (κ1) is 27.6. The molecule has 0 amide bonds. The molecule has 0 aliphatic heterocycles. The van der Waals surface area contributed by atoms with Crippen LogP contribution >= 0.6 is 12.2 Å². The zero-order valence-electron chi connectivity index (χ0n) is 14.1. The molecule has 3 aromatic heterocycles. The summed E-state index contributed by atoms with van der Waals surface area (Å²) in [5, 5.41) is 24.3. The van der Waals surface area contributed by atoms with E-state index in [0.717, 1.165) is 22.6 Å². The number of thiocyanates is 2. The van der Waals surface area contributed by atoms with Crippen molar-refractivity contribution in [3.05, 3.63) is 67.1 Å². The van der Waals surface area contributed by atoms with Gasteiger partial charge in [-0.3, -0.25) is 15.0 Å². The van der Waals surface area contributed by atoms with E-state index in [1.807, 2.05) is 48.5 Å². The molecule has 3 aromatic rings. The molecule has 1 N–H and O–H groups in total. The molecule has 0 spiro atoms. The van der Waals surface area contributed by atoms with E-state index in [-0.39, 0.29) is 21.1 Å². The first-order chi connectivity index (χ1) is 13.2. The minimum atomic E-state index is 0. The first-order valence-electron chi connectivity index (χ1n) is 7.04. The Balaban J connectivity index is 0. The Bertz CT molecular complexity index is 835. The molecule has 3 heterocycles. The van der Waals surface area contributed by atoms with Gasteiger partial charge < -0.3 is 25.3 Å². The molecule has 0 saturated carbocycles. The zero-order chi connectivity index (χ0) is 20.3. The molecule has 0 fully saturated rings. The normalized spacial score (nSPS) is 7.36. The summed E-state index contributed by atoms with van der Waals surface area (Å²) in [5.41, 5.74) is 3.62. The maximum atomic E-state index is 7.13. The summed E-state index contributed by atoms with van der Waals surface area (Å²) in [6, 6.07) is 15.6. The second kappa shape index (κ2) is 19.1. The first-order valence-corrected chi connectivity index (χ1v) is 8.26. The molecular weight excluding hydrogens is 592 g/mol. The molecule has 0 radical (unpaired) electrons. The number of rotatable bonds is 2. The SMILES string of the molecule is N#C[S-].N#C[S-].N=C=S.[Pt+2].c1ccc(-c2cccnc2-c2ccccn2)nc1. The van der Waals surface area contributed by atoms with E-state index in [0.29, 0.717) is 0 Å². The van der Waals surface area contributed by atoms with Crippen molar-refractivity contribution in [1.82, 2.24) is 15.0 Å². The van der Waals surface area contributed by atoms with Crippen molar-refractivity contribution in [2.45, 2.75) is 0 Å². The van der Waals surface area contributed by atoms with Gasteiger partial charge in [-0.25, -0.2) is 15.9 Å². The number of isothiocyanates is 1. The van der Waals surface area contributed by atoms with Crippen molar-refractivity contribution >= 4 is 42.6 Å². The summed E-state index contributed by atoms with van der Waals surface area (Å²) >= 11 is 11.2. The molecule has 0 saturated heterocycles. The zero-order valence-corrected chi connectivity index (χ0v) is 18.8. The number of hydrogen-bond donors (Lipinski definition) is 1. The topological polar surface area (TPSA) is 110 Å². The Morgan fingerprint density at radius 1 is 0.786 bits per heavy atom. The number of aromatic nitrogens is 3. The van der Waals surface area contributed by atoms with Gasteiger partial charge in [-0.15, -0.1) is 0 Å². The van der Waals surface area contributed by atoms with E-state index in [1.165, 1.54) is 10.8 Å². The summed E-state index contributed by atoms with van der Waals surface area (Å²) in [6.07, 6.45) is 5.33. The Kier molecular flexibility index (Phi) is 18.8. The molecule has 0 aliphatic rings. The molecule has 0 bridgehead atoms. The third kappa shape index (κ3) is 11.2. The molecule has 0 unspecified atom stereocenters. The van der Waals surface area contributed by atoms with E-state index < -0.39 is 0 Å². The second-order valence-electron chi connectivity index (χ2n) is 4.11.